The van der Waals surface area contributed by atoms with Gasteiger partial charge in [0.1, 0.15) is 18.1 Å². The van der Waals surface area contributed by atoms with Gasteiger partial charge in [-0.3, -0.25) is 9.59 Å². The predicted octanol–water partition coefficient (Wildman–Crippen LogP) is 2.86. The van der Waals surface area contributed by atoms with Crippen LogP contribution in [0.5, 0.6) is 11.5 Å². The van der Waals surface area contributed by atoms with E-state index in [1.807, 2.05) is 56.3 Å². The van der Waals surface area contributed by atoms with Crippen molar-refractivity contribution in [3.8, 4) is 11.5 Å². The fourth-order valence-corrected chi connectivity index (χ4v) is 3.29. The maximum Gasteiger partial charge on any atom is 0.227 e. The molecule has 1 heterocycles. The maximum absolute atomic E-state index is 12.5. The highest BCUT2D eigenvalue weighted by atomic mass is 16.5. The van der Waals surface area contributed by atoms with Crippen LogP contribution in [0.15, 0.2) is 42.5 Å². The lowest BCUT2D eigenvalue weighted by molar-refractivity contribution is -0.126. The van der Waals surface area contributed by atoms with Crippen molar-refractivity contribution in [2.24, 2.45) is 5.92 Å². The van der Waals surface area contributed by atoms with Gasteiger partial charge < -0.3 is 19.7 Å². The average molecular weight is 382 g/mol. The summed E-state index contributed by atoms with van der Waals surface area (Å²) >= 11 is 0. The van der Waals surface area contributed by atoms with Gasteiger partial charge in [-0.1, -0.05) is 12.1 Å². The van der Waals surface area contributed by atoms with Crippen LogP contribution in [0.3, 0.4) is 0 Å². The molecule has 2 amide bonds. The van der Waals surface area contributed by atoms with E-state index in [1.54, 1.807) is 12.0 Å². The van der Waals surface area contributed by atoms with Gasteiger partial charge in [0.15, 0.2) is 0 Å². The molecule has 6 heteroatoms. The van der Waals surface area contributed by atoms with Gasteiger partial charge in [0, 0.05) is 18.7 Å². The summed E-state index contributed by atoms with van der Waals surface area (Å²) in [5, 5.41) is 2.87. The van der Waals surface area contributed by atoms with Gasteiger partial charge in [-0.2, -0.15) is 0 Å². The van der Waals surface area contributed by atoms with Crippen molar-refractivity contribution in [1.82, 2.24) is 5.32 Å². The molecule has 0 saturated carbocycles. The summed E-state index contributed by atoms with van der Waals surface area (Å²) in [6, 6.07) is 13.3. The highest BCUT2D eigenvalue weighted by Crippen LogP contribution is 2.28. The Bertz CT molecular complexity index is 848. The number of nitrogens with zero attached hydrogens (tertiary/aromatic N) is 1. The minimum atomic E-state index is -0.339. The molecule has 1 unspecified atom stereocenters. The summed E-state index contributed by atoms with van der Waals surface area (Å²) in [6.07, 6.45) is 0.235. The van der Waals surface area contributed by atoms with Crippen LogP contribution in [-0.4, -0.2) is 38.6 Å². The van der Waals surface area contributed by atoms with Gasteiger partial charge in [0.05, 0.1) is 19.6 Å². The third-order valence-electron chi connectivity index (χ3n) is 4.88. The van der Waals surface area contributed by atoms with Crippen LogP contribution in [-0.2, 0) is 9.59 Å². The van der Waals surface area contributed by atoms with E-state index in [9.17, 15) is 9.59 Å². The van der Waals surface area contributed by atoms with E-state index in [4.69, 9.17) is 9.47 Å². The average Bonchev–Trinajstić information content (AvgIpc) is 3.09. The van der Waals surface area contributed by atoms with Crippen molar-refractivity contribution in [1.29, 1.82) is 0 Å². The number of anilines is 1. The Morgan fingerprint density at radius 3 is 2.57 bits per heavy atom. The third kappa shape index (κ3) is 4.63. The quantitative estimate of drug-likeness (QED) is 0.748. The minimum Gasteiger partial charge on any atom is -0.497 e. The second kappa shape index (κ2) is 8.78. The van der Waals surface area contributed by atoms with Crippen LogP contribution in [0.4, 0.5) is 5.69 Å². The molecule has 3 rings (SSSR count). The van der Waals surface area contributed by atoms with Crippen LogP contribution in [0.1, 0.15) is 17.5 Å². The molecule has 0 aliphatic carbocycles. The number of carbonyl (C=O) groups excluding carboxylic acids is 2. The molecule has 0 aromatic heterocycles. The Morgan fingerprint density at radius 1 is 1.14 bits per heavy atom. The summed E-state index contributed by atoms with van der Waals surface area (Å²) in [5.74, 6) is 1.02. The second-order valence-corrected chi connectivity index (χ2v) is 7.01. The van der Waals surface area contributed by atoms with Crippen molar-refractivity contribution >= 4 is 17.5 Å². The number of nitrogens with one attached hydrogen (secondary N) is 1. The number of carbonyl (C=O) groups is 2. The summed E-state index contributed by atoms with van der Waals surface area (Å²) in [6.45, 7) is 5.13. The minimum absolute atomic E-state index is 0.0108. The van der Waals surface area contributed by atoms with Crippen LogP contribution in [0.25, 0.3) is 0 Å². The lowest BCUT2D eigenvalue weighted by Crippen LogP contribution is -2.35. The molecule has 1 saturated heterocycles. The SMILES string of the molecule is COc1ccc(OCCNC(=O)C2CC(=O)N(c3cc(C)ccc3C)C2)cc1. The lowest BCUT2D eigenvalue weighted by Gasteiger charge is -2.19. The number of amides is 2. The van der Waals surface area contributed by atoms with E-state index in [2.05, 4.69) is 5.32 Å². The Morgan fingerprint density at radius 2 is 1.86 bits per heavy atom. The molecule has 6 nitrogen and oxygen atoms in total. The van der Waals surface area contributed by atoms with Crippen molar-refractivity contribution in [3.63, 3.8) is 0 Å². The maximum atomic E-state index is 12.5. The number of benzene rings is 2. The third-order valence-corrected chi connectivity index (χ3v) is 4.88. The van der Waals surface area contributed by atoms with Crippen LogP contribution in [0, 0.1) is 19.8 Å². The first-order chi connectivity index (χ1) is 13.5. The highest BCUT2D eigenvalue weighted by Gasteiger charge is 2.35. The van der Waals surface area contributed by atoms with Gasteiger partial charge in [-0.25, -0.2) is 0 Å². The fourth-order valence-electron chi connectivity index (χ4n) is 3.29. The van der Waals surface area contributed by atoms with E-state index in [-0.39, 0.29) is 24.2 Å². The van der Waals surface area contributed by atoms with Crippen molar-refractivity contribution in [2.75, 3.05) is 31.7 Å². The summed E-state index contributed by atoms with van der Waals surface area (Å²) in [4.78, 5) is 26.6. The largest absolute Gasteiger partial charge is 0.497 e. The number of aryl methyl sites for hydroxylation is 2. The molecule has 2 aromatic rings. The van der Waals surface area contributed by atoms with Crippen molar-refractivity contribution < 1.29 is 19.1 Å². The zero-order valence-corrected chi connectivity index (χ0v) is 16.5. The molecule has 28 heavy (non-hydrogen) atoms. The Kier molecular flexibility index (Phi) is 6.19. The molecule has 0 spiro atoms. The van der Waals surface area contributed by atoms with Crippen molar-refractivity contribution in [2.45, 2.75) is 20.3 Å². The number of rotatable bonds is 7. The number of hydrogen-bond donors (Lipinski definition) is 1. The number of methoxy groups -OCH3 is 1. The van der Waals surface area contributed by atoms with Gasteiger partial charge in [-0.05, 0) is 55.3 Å². The Hall–Kier alpha value is -3.02. The first-order valence-corrected chi connectivity index (χ1v) is 9.40. The first-order valence-electron chi connectivity index (χ1n) is 9.40. The van der Waals surface area contributed by atoms with E-state index in [0.717, 1.165) is 22.6 Å². The van der Waals surface area contributed by atoms with Gasteiger partial charge in [-0.15, -0.1) is 0 Å². The zero-order valence-electron chi connectivity index (χ0n) is 16.5. The first kappa shape index (κ1) is 19.7. The second-order valence-electron chi connectivity index (χ2n) is 7.01. The van der Waals surface area contributed by atoms with Gasteiger partial charge in [0.2, 0.25) is 11.8 Å². The van der Waals surface area contributed by atoms with Crippen LogP contribution >= 0.6 is 0 Å². The highest BCUT2D eigenvalue weighted by molar-refractivity contribution is 6.00. The fraction of sp³-hybridized carbons (Fsp3) is 0.364. The Balaban J connectivity index is 1.48. The normalized spacial score (nSPS) is 16.2. The lowest BCUT2D eigenvalue weighted by atomic mass is 10.1. The van der Waals surface area contributed by atoms with E-state index >= 15 is 0 Å². The molecule has 1 fully saturated rings. The molecule has 148 valence electrons. The summed E-state index contributed by atoms with van der Waals surface area (Å²) in [5.41, 5.74) is 3.02. The molecule has 1 N–H and O–H groups in total. The number of ether oxygens (including phenoxy) is 2. The summed E-state index contributed by atoms with van der Waals surface area (Å²) < 4.78 is 10.7. The van der Waals surface area contributed by atoms with Crippen LogP contribution < -0.4 is 19.7 Å². The number of hydrogen-bond acceptors (Lipinski definition) is 4. The van der Waals surface area contributed by atoms with Crippen LogP contribution in [0.2, 0.25) is 0 Å². The molecule has 1 atom stereocenters. The van der Waals surface area contributed by atoms with E-state index in [0.29, 0.717) is 25.4 Å². The van der Waals surface area contributed by atoms with E-state index < -0.39 is 0 Å². The molecule has 1 aliphatic heterocycles. The standard InChI is InChI=1S/C22H26N2O4/c1-15-4-5-16(2)20(12-15)24-14-17(13-21(24)25)22(26)23-10-11-28-19-8-6-18(27-3)7-9-19/h4-9,12,17H,10-11,13-14H2,1-3H3,(H,23,26). The topological polar surface area (TPSA) is 67.9 Å². The summed E-state index contributed by atoms with van der Waals surface area (Å²) in [7, 11) is 1.61. The molecular weight excluding hydrogens is 356 g/mol. The van der Waals surface area contributed by atoms with Gasteiger partial charge >= 0.3 is 0 Å². The van der Waals surface area contributed by atoms with Gasteiger partial charge in [0.25, 0.3) is 0 Å². The molecule has 1 aliphatic rings. The monoisotopic (exact) mass is 382 g/mol. The molecule has 0 radical (unpaired) electrons. The molecule has 0 bridgehead atoms. The molecular formula is C22H26N2O4. The van der Waals surface area contributed by atoms with E-state index in [1.165, 1.54) is 0 Å². The Labute approximate surface area is 165 Å². The zero-order chi connectivity index (χ0) is 20.1. The van der Waals surface area contributed by atoms with Crippen molar-refractivity contribution in [3.05, 3.63) is 53.6 Å². The smallest absolute Gasteiger partial charge is 0.227 e. The molecule has 2 aromatic carbocycles. The predicted molar refractivity (Wildman–Crippen MR) is 108 cm³/mol.